The summed E-state index contributed by atoms with van der Waals surface area (Å²) in [6.07, 6.45) is 5.69. The first-order chi connectivity index (χ1) is 7.41. The number of ether oxygens (including phenoxy) is 1. The van der Waals surface area contributed by atoms with Crippen molar-refractivity contribution in [1.82, 2.24) is 0 Å². The highest BCUT2D eigenvalue weighted by Gasteiger charge is 2.39. The van der Waals surface area contributed by atoms with Gasteiger partial charge in [-0.1, -0.05) is 54.1 Å². The molecule has 1 rings (SSSR count). The third kappa shape index (κ3) is 4.68. The molecule has 0 radical (unpaired) electrons. The normalized spacial score (nSPS) is 20.5. The van der Waals surface area contributed by atoms with Gasteiger partial charge in [-0.05, 0) is 18.8 Å². The van der Waals surface area contributed by atoms with E-state index in [9.17, 15) is 4.79 Å². The van der Waals surface area contributed by atoms with Gasteiger partial charge in [-0.25, -0.2) is 0 Å². The number of hydrogen-bond acceptors (Lipinski definition) is 2. The fraction of sp³-hybridized carbons (Fsp3) is 0.909. The molecule has 1 unspecified atom stereocenters. The van der Waals surface area contributed by atoms with Crippen molar-refractivity contribution in [2.75, 3.05) is 6.61 Å². The molecule has 0 aromatic rings. The first-order valence-corrected chi connectivity index (χ1v) is 6.74. The second kappa shape index (κ2) is 6.32. The van der Waals surface area contributed by atoms with Gasteiger partial charge in [0.15, 0.2) is 3.79 Å². The van der Waals surface area contributed by atoms with Crippen LogP contribution in [0, 0.1) is 11.8 Å². The second-order valence-corrected chi connectivity index (χ2v) is 6.72. The van der Waals surface area contributed by atoms with Gasteiger partial charge in [0.25, 0.3) is 0 Å². The Labute approximate surface area is 112 Å². The number of hydrogen-bond donors (Lipinski definition) is 0. The molecule has 1 aliphatic carbocycles. The lowest BCUT2D eigenvalue weighted by atomic mass is 9.81. The van der Waals surface area contributed by atoms with Crippen LogP contribution in [-0.2, 0) is 9.53 Å². The molecule has 0 aromatic carbocycles. The molecule has 0 amide bonds. The number of carbonyl (C=O) groups is 1. The molecule has 16 heavy (non-hydrogen) atoms. The van der Waals surface area contributed by atoms with Crippen molar-refractivity contribution in [1.29, 1.82) is 0 Å². The van der Waals surface area contributed by atoms with Crippen molar-refractivity contribution in [2.24, 2.45) is 11.8 Å². The SMILES string of the molecule is CC(=O)OCC(C1CCCCC1)C(Cl)(Cl)Cl. The van der Waals surface area contributed by atoms with Crippen LogP contribution in [0.4, 0.5) is 0 Å². The Kier molecular flexibility index (Phi) is 5.69. The van der Waals surface area contributed by atoms with E-state index < -0.39 is 3.79 Å². The van der Waals surface area contributed by atoms with E-state index in [2.05, 4.69) is 0 Å². The summed E-state index contributed by atoms with van der Waals surface area (Å²) in [5.41, 5.74) is 0. The lowest BCUT2D eigenvalue weighted by molar-refractivity contribution is -0.143. The molecule has 0 bridgehead atoms. The average molecular weight is 288 g/mol. The predicted octanol–water partition coefficient (Wildman–Crippen LogP) is 4.12. The molecule has 0 aliphatic heterocycles. The molecule has 0 heterocycles. The van der Waals surface area contributed by atoms with E-state index in [1.807, 2.05) is 0 Å². The molecule has 94 valence electrons. The molecular formula is C11H17Cl3O2. The Balaban J connectivity index is 2.58. The van der Waals surface area contributed by atoms with E-state index >= 15 is 0 Å². The number of carbonyl (C=O) groups excluding carboxylic acids is 1. The first kappa shape index (κ1) is 14.4. The monoisotopic (exact) mass is 286 g/mol. The summed E-state index contributed by atoms with van der Waals surface area (Å²) in [5, 5.41) is 0. The van der Waals surface area contributed by atoms with Crippen molar-refractivity contribution in [3.05, 3.63) is 0 Å². The smallest absolute Gasteiger partial charge is 0.302 e. The molecule has 0 spiro atoms. The van der Waals surface area contributed by atoms with Crippen LogP contribution in [0.3, 0.4) is 0 Å². The molecule has 1 fully saturated rings. The molecule has 5 heteroatoms. The van der Waals surface area contributed by atoms with E-state index in [1.165, 1.54) is 26.2 Å². The summed E-state index contributed by atoms with van der Waals surface area (Å²) in [5.74, 6) is -0.169. The minimum absolute atomic E-state index is 0.193. The summed E-state index contributed by atoms with van der Waals surface area (Å²) in [6.45, 7) is 1.58. The van der Waals surface area contributed by atoms with Crippen LogP contribution < -0.4 is 0 Å². The van der Waals surface area contributed by atoms with Crippen molar-refractivity contribution < 1.29 is 9.53 Å². The molecule has 1 aliphatic rings. The lowest BCUT2D eigenvalue weighted by Gasteiger charge is -2.34. The van der Waals surface area contributed by atoms with Gasteiger partial charge in [0, 0.05) is 12.8 Å². The van der Waals surface area contributed by atoms with Gasteiger partial charge >= 0.3 is 5.97 Å². The van der Waals surface area contributed by atoms with E-state index in [-0.39, 0.29) is 18.5 Å². The maximum Gasteiger partial charge on any atom is 0.302 e. The maximum absolute atomic E-state index is 10.8. The van der Waals surface area contributed by atoms with Gasteiger partial charge < -0.3 is 4.74 Å². The summed E-state index contributed by atoms with van der Waals surface area (Å²) >= 11 is 17.9. The average Bonchev–Trinajstić information content (AvgIpc) is 2.17. The molecule has 1 atom stereocenters. The fourth-order valence-electron chi connectivity index (χ4n) is 2.24. The minimum atomic E-state index is -1.35. The number of alkyl halides is 3. The van der Waals surface area contributed by atoms with E-state index in [4.69, 9.17) is 39.5 Å². The maximum atomic E-state index is 10.8. The first-order valence-electron chi connectivity index (χ1n) is 5.61. The largest absolute Gasteiger partial charge is 0.465 e. The third-order valence-electron chi connectivity index (χ3n) is 3.11. The highest BCUT2D eigenvalue weighted by atomic mass is 35.6. The van der Waals surface area contributed by atoms with Crippen LogP contribution in [0.2, 0.25) is 0 Å². The summed E-state index contributed by atoms with van der Waals surface area (Å²) < 4.78 is 3.64. The molecule has 2 nitrogen and oxygen atoms in total. The number of rotatable bonds is 3. The van der Waals surface area contributed by atoms with Gasteiger partial charge in [0.2, 0.25) is 0 Å². The van der Waals surface area contributed by atoms with Crippen LogP contribution in [0.15, 0.2) is 0 Å². The van der Waals surface area contributed by atoms with Crippen LogP contribution in [0.25, 0.3) is 0 Å². The Morgan fingerprint density at radius 2 is 1.88 bits per heavy atom. The van der Waals surface area contributed by atoms with Crippen molar-refractivity contribution in [2.45, 2.75) is 42.8 Å². The fourth-order valence-corrected chi connectivity index (χ4v) is 2.97. The molecule has 0 N–H and O–H groups in total. The summed E-state index contributed by atoms with van der Waals surface area (Å²) in [6, 6.07) is 0. The molecule has 0 aromatic heterocycles. The van der Waals surface area contributed by atoms with Crippen molar-refractivity contribution in [3.8, 4) is 0 Å². The van der Waals surface area contributed by atoms with Crippen LogP contribution in [0.5, 0.6) is 0 Å². The zero-order chi connectivity index (χ0) is 12.2. The highest BCUT2D eigenvalue weighted by molar-refractivity contribution is 6.67. The zero-order valence-electron chi connectivity index (χ0n) is 9.35. The highest BCUT2D eigenvalue weighted by Crippen LogP contribution is 2.44. The van der Waals surface area contributed by atoms with E-state index in [1.54, 1.807) is 0 Å². The zero-order valence-corrected chi connectivity index (χ0v) is 11.6. The van der Waals surface area contributed by atoms with Crippen LogP contribution >= 0.6 is 34.8 Å². The lowest BCUT2D eigenvalue weighted by Crippen LogP contribution is -2.33. The Morgan fingerprint density at radius 1 is 1.31 bits per heavy atom. The molecule has 1 saturated carbocycles. The van der Waals surface area contributed by atoms with Gasteiger partial charge in [-0.15, -0.1) is 0 Å². The molecular weight excluding hydrogens is 270 g/mol. The third-order valence-corrected chi connectivity index (χ3v) is 3.95. The van der Waals surface area contributed by atoms with E-state index in [0.717, 1.165) is 12.8 Å². The quantitative estimate of drug-likeness (QED) is 0.576. The van der Waals surface area contributed by atoms with Gasteiger partial charge in [-0.3, -0.25) is 4.79 Å². The topological polar surface area (TPSA) is 26.3 Å². The number of halogens is 3. The van der Waals surface area contributed by atoms with E-state index in [0.29, 0.717) is 5.92 Å². The number of esters is 1. The van der Waals surface area contributed by atoms with Gasteiger partial charge in [-0.2, -0.15) is 0 Å². The summed E-state index contributed by atoms with van der Waals surface area (Å²) in [7, 11) is 0. The van der Waals surface area contributed by atoms with Crippen LogP contribution in [-0.4, -0.2) is 16.4 Å². The van der Waals surface area contributed by atoms with Crippen LogP contribution in [0.1, 0.15) is 39.0 Å². The minimum Gasteiger partial charge on any atom is -0.465 e. The van der Waals surface area contributed by atoms with Crippen molar-refractivity contribution >= 4 is 40.8 Å². The van der Waals surface area contributed by atoms with Crippen molar-refractivity contribution in [3.63, 3.8) is 0 Å². The van der Waals surface area contributed by atoms with Gasteiger partial charge in [0.05, 0.1) is 6.61 Å². The second-order valence-electron chi connectivity index (χ2n) is 4.35. The standard InChI is InChI=1S/C11H17Cl3O2/c1-8(15)16-7-10(11(12,13)14)9-5-3-2-4-6-9/h9-10H,2-7H2,1H3. The predicted molar refractivity (Wildman–Crippen MR) is 67.0 cm³/mol. The summed E-state index contributed by atoms with van der Waals surface area (Å²) in [4.78, 5) is 10.8. The Hall–Kier alpha value is 0.340. The molecule has 0 saturated heterocycles. The van der Waals surface area contributed by atoms with Gasteiger partial charge in [0.1, 0.15) is 0 Å². The Morgan fingerprint density at radius 3 is 2.31 bits per heavy atom. The Bertz CT molecular complexity index is 232.